The standard InChI is InChI=1S/C21H22N2O7/c1-28-13-5-6-15(29-2)14(8-13)22-16(24)10-30-17(25)9-23-20(26)18-11-3-4-12(7-11)19(18)21(23)27/h3-6,8,11-12,18-19H,7,9-10H2,1-2H3,(H,22,24)/t11-,12-,18+,19+/m0/s1. The van der Waals surface area contributed by atoms with Crippen LogP contribution in [0.3, 0.4) is 0 Å². The van der Waals surface area contributed by atoms with Crippen LogP contribution < -0.4 is 14.8 Å². The van der Waals surface area contributed by atoms with Crippen LogP contribution in [0.2, 0.25) is 0 Å². The maximum Gasteiger partial charge on any atom is 0.326 e. The first kappa shape index (κ1) is 19.9. The number of benzene rings is 1. The van der Waals surface area contributed by atoms with E-state index in [-0.39, 0.29) is 35.5 Å². The fourth-order valence-electron chi connectivity index (χ4n) is 4.54. The van der Waals surface area contributed by atoms with Crippen molar-refractivity contribution in [3.8, 4) is 11.5 Å². The molecule has 4 rings (SSSR count). The quantitative estimate of drug-likeness (QED) is 0.402. The Balaban J connectivity index is 1.31. The number of nitrogens with zero attached hydrogens (tertiary/aromatic N) is 1. The fourth-order valence-corrected chi connectivity index (χ4v) is 4.54. The molecule has 1 aromatic rings. The number of anilines is 1. The van der Waals surface area contributed by atoms with Crippen molar-refractivity contribution in [2.45, 2.75) is 6.42 Å². The summed E-state index contributed by atoms with van der Waals surface area (Å²) in [6.45, 7) is -1.05. The average molecular weight is 414 g/mol. The van der Waals surface area contributed by atoms with E-state index >= 15 is 0 Å². The predicted octanol–water partition coefficient (Wildman–Crippen LogP) is 0.993. The molecule has 0 unspecified atom stereocenters. The molecule has 2 aliphatic carbocycles. The molecule has 2 fully saturated rings. The molecule has 0 aromatic heterocycles. The Labute approximate surface area is 172 Å². The second kappa shape index (κ2) is 7.81. The van der Waals surface area contributed by atoms with Gasteiger partial charge in [-0.3, -0.25) is 24.1 Å². The lowest BCUT2D eigenvalue weighted by atomic mass is 9.85. The Bertz CT molecular complexity index is 911. The number of ether oxygens (including phenoxy) is 3. The Morgan fingerprint density at radius 3 is 2.33 bits per heavy atom. The van der Waals surface area contributed by atoms with Gasteiger partial charge in [-0.05, 0) is 30.4 Å². The highest BCUT2D eigenvalue weighted by Crippen LogP contribution is 2.52. The molecule has 0 spiro atoms. The summed E-state index contributed by atoms with van der Waals surface area (Å²) in [7, 11) is 2.95. The van der Waals surface area contributed by atoms with Crippen LogP contribution in [0.5, 0.6) is 11.5 Å². The van der Waals surface area contributed by atoms with Crippen molar-refractivity contribution >= 4 is 29.4 Å². The van der Waals surface area contributed by atoms with Gasteiger partial charge in [-0.2, -0.15) is 0 Å². The molecule has 30 heavy (non-hydrogen) atoms. The van der Waals surface area contributed by atoms with Crippen LogP contribution >= 0.6 is 0 Å². The minimum atomic E-state index is -0.815. The minimum Gasteiger partial charge on any atom is -0.497 e. The van der Waals surface area contributed by atoms with E-state index in [1.807, 2.05) is 12.2 Å². The fraction of sp³-hybridized carbons (Fsp3) is 0.429. The number of imide groups is 1. The molecular formula is C21H22N2O7. The maximum absolute atomic E-state index is 12.6. The number of hydrogen-bond acceptors (Lipinski definition) is 7. The van der Waals surface area contributed by atoms with Gasteiger partial charge in [0, 0.05) is 6.07 Å². The number of likely N-dealkylation sites (tertiary alicyclic amines) is 1. The summed E-state index contributed by atoms with van der Waals surface area (Å²) in [4.78, 5) is 50.5. The number of methoxy groups -OCH3 is 2. The van der Waals surface area contributed by atoms with Gasteiger partial charge in [0.1, 0.15) is 18.0 Å². The zero-order valence-corrected chi connectivity index (χ0v) is 16.6. The van der Waals surface area contributed by atoms with Crippen LogP contribution in [0, 0.1) is 23.7 Å². The summed E-state index contributed by atoms with van der Waals surface area (Å²) in [5, 5.41) is 2.58. The predicted molar refractivity (Wildman–Crippen MR) is 104 cm³/mol. The van der Waals surface area contributed by atoms with Crippen molar-refractivity contribution in [1.29, 1.82) is 0 Å². The van der Waals surface area contributed by atoms with Crippen molar-refractivity contribution < 1.29 is 33.4 Å². The monoisotopic (exact) mass is 414 g/mol. The number of amides is 3. The number of hydrogen-bond donors (Lipinski definition) is 1. The molecular weight excluding hydrogens is 392 g/mol. The summed E-state index contributed by atoms with van der Waals surface area (Å²) in [5.74, 6) is -1.73. The number of carbonyl (C=O) groups excluding carboxylic acids is 4. The topological polar surface area (TPSA) is 111 Å². The van der Waals surface area contributed by atoms with E-state index in [0.717, 1.165) is 11.3 Å². The van der Waals surface area contributed by atoms with Gasteiger partial charge < -0.3 is 19.5 Å². The molecule has 1 saturated heterocycles. The van der Waals surface area contributed by atoms with Crippen LogP contribution in [-0.2, 0) is 23.9 Å². The average Bonchev–Trinajstić information content (AvgIpc) is 3.42. The normalized spacial score (nSPS) is 26.0. The molecule has 1 heterocycles. The Hall–Kier alpha value is -3.36. The molecule has 3 amide bonds. The molecule has 1 aromatic carbocycles. The molecule has 4 atom stereocenters. The molecule has 9 nitrogen and oxygen atoms in total. The molecule has 1 N–H and O–H groups in total. The van der Waals surface area contributed by atoms with E-state index in [1.165, 1.54) is 14.2 Å². The smallest absolute Gasteiger partial charge is 0.326 e. The van der Waals surface area contributed by atoms with Gasteiger partial charge in [0.25, 0.3) is 5.91 Å². The minimum absolute atomic E-state index is 0.0705. The highest BCUT2D eigenvalue weighted by atomic mass is 16.5. The zero-order chi connectivity index (χ0) is 21.4. The van der Waals surface area contributed by atoms with Gasteiger partial charge in [0.05, 0.1) is 31.7 Å². The number of allylic oxidation sites excluding steroid dienone is 2. The molecule has 1 saturated carbocycles. The third-order valence-corrected chi connectivity index (χ3v) is 5.89. The SMILES string of the molecule is COc1ccc(OC)c(NC(=O)COC(=O)CN2C(=O)[C@H]3[C@H](C2=O)[C@H]2C=C[C@H]3C2)c1. The molecule has 3 aliphatic rings. The summed E-state index contributed by atoms with van der Waals surface area (Å²) in [6.07, 6.45) is 4.78. The maximum atomic E-state index is 12.6. The zero-order valence-electron chi connectivity index (χ0n) is 16.6. The van der Waals surface area contributed by atoms with Gasteiger partial charge >= 0.3 is 5.97 Å². The highest BCUT2D eigenvalue weighted by Gasteiger charge is 2.59. The summed E-state index contributed by atoms with van der Waals surface area (Å²) >= 11 is 0. The number of nitrogens with one attached hydrogen (secondary N) is 1. The molecule has 158 valence electrons. The van der Waals surface area contributed by atoms with E-state index in [4.69, 9.17) is 14.2 Å². The van der Waals surface area contributed by atoms with E-state index in [2.05, 4.69) is 5.32 Å². The number of carbonyl (C=O) groups is 4. The Kier molecular flexibility index (Phi) is 5.19. The number of esters is 1. The number of fused-ring (bicyclic) bond motifs is 5. The van der Waals surface area contributed by atoms with Gasteiger partial charge in [-0.15, -0.1) is 0 Å². The highest BCUT2D eigenvalue weighted by molar-refractivity contribution is 6.08. The van der Waals surface area contributed by atoms with Crippen molar-refractivity contribution in [2.75, 3.05) is 32.7 Å². The second-order valence-corrected chi connectivity index (χ2v) is 7.54. The molecule has 2 bridgehead atoms. The first-order chi connectivity index (χ1) is 14.4. The van der Waals surface area contributed by atoms with E-state index < -0.39 is 25.0 Å². The van der Waals surface area contributed by atoms with Crippen molar-refractivity contribution in [3.63, 3.8) is 0 Å². The van der Waals surface area contributed by atoms with Crippen molar-refractivity contribution in [1.82, 2.24) is 4.90 Å². The van der Waals surface area contributed by atoms with Crippen LogP contribution in [0.4, 0.5) is 5.69 Å². The van der Waals surface area contributed by atoms with Crippen LogP contribution in [0.15, 0.2) is 30.4 Å². The van der Waals surface area contributed by atoms with Gasteiger partial charge in [-0.1, -0.05) is 12.2 Å². The van der Waals surface area contributed by atoms with Gasteiger partial charge in [0.15, 0.2) is 6.61 Å². The van der Waals surface area contributed by atoms with Crippen LogP contribution in [0.1, 0.15) is 6.42 Å². The lowest BCUT2D eigenvalue weighted by Crippen LogP contribution is -2.38. The summed E-state index contributed by atoms with van der Waals surface area (Å²) in [6, 6.07) is 4.88. The number of rotatable bonds is 7. The third-order valence-electron chi connectivity index (χ3n) is 5.89. The third kappa shape index (κ3) is 3.40. The summed E-state index contributed by atoms with van der Waals surface area (Å²) in [5.41, 5.74) is 0.360. The molecule has 9 heteroatoms. The largest absolute Gasteiger partial charge is 0.497 e. The Morgan fingerprint density at radius 1 is 1.07 bits per heavy atom. The van der Waals surface area contributed by atoms with Gasteiger partial charge in [-0.25, -0.2) is 0 Å². The van der Waals surface area contributed by atoms with Crippen molar-refractivity contribution in [2.24, 2.45) is 23.7 Å². The van der Waals surface area contributed by atoms with Crippen LogP contribution in [-0.4, -0.2) is 56.0 Å². The first-order valence-corrected chi connectivity index (χ1v) is 9.64. The second-order valence-electron chi connectivity index (χ2n) is 7.54. The van der Waals surface area contributed by atoms with Crippen molar-refractivity contribution in [3.05, 3.63) is 30.4 Å². The molecule has 0 radical (unpaired) electrons. The first-order valence-electron chi connectivity index (χ1n) is 9.64. The lowest BCUT2D eigenvalue weighted by molar-refractivity contribution is -0.154. The Morgan fingerprint density at radius 2 is 1.73 bits per heavy atom. The van der Waals surface area contributed by atoms with E-state index in [1.54, 1.807) is 18.2 Å². The van der Waals surface area contributed by atoms with E-state index in [9.17, 15) is 19.2 Å². The lowest BCUT2D eigenvalue weighted by Gasteiger charge is -2.16. The van der Waals surface area contributed by atoms with Crippen LogP contribution in [0.25, 0.3) is 0 Å². The van der Waals surface area contributed by atoms with E-state index in [0.29, 0.717) is 17.2 Å². The summed E-state index contributed by atoms with van der Waals surface area (Å²) < 4.78 is 15.3. The molecule has 1 aliphatic heterocycles. The van der Waals surface area contributed by atoms with Gasteiger partial charge in [0.2, 0.25) is 11.8 Å².